The van der Waals surface area contributed by atoms with Gasteiger partial charge in [0.25, 0.3) is 11.8 Å². The Morgan fingerprint density at radius 2 is 0.972 bits per heavy atom. The number of benzene rings is 2. The van der Waals surface area contributed by atoms with Crippen LogP contribution in [0.4, 0.5) is 11.6 Å². The largest absolute Gasteiger partial charge is 0.340 e. The highest BCUT2D eigenvalue weighted by molar-refractivity contribution is 6.07. The molecule has 12 nitrogen and oxygen atoms in total. The van der Waals surface area contributed by atoms with Crippen molar-refractivity contribution in [3.8, 4) is 0 Å². The average Bonchev–Trinajstić information content (AvgIpc) is 3.61. The van der Waals surface area contributed by atoms with Crippen molar-refractivity contribution in [1.29, 1.82) is 0 Å². The van der Waals surface area contributed by atoms with Crippen LogP contribution < -0.4 is 10.6 Å². The summed E-state index contributed by atoms with van der Waals surface area (Å²) in [5, 5.41) is 5.45. The predicted octanol–water partition coefficient (Wildman–Crippen LogP) is 3.21. The van der Waals surface area contributed by atoms with Gasteiger partial charge in [0, 0.05) is 11.1 Å². The van der Waals surface area contributed by atoms with E-state index in [1.54, 1.807) is 48.5 Å². The molecule has 2 aromatic carbocycles. The summed E-state index contributed by atoms with van der Waals surface area (Å²) in [6.45, 7) is 0. The van der Waals surface area contributed by atoms with Gasteiger partial charge in [-0.2, -0.15) is 0 Å². The first kappa shape index (κ1) is 22.3. The number of H-pyrrole nitrogens is 2. The Morgan fingerprint density at radius 1 is 0.556 bits per heavy atom. The Hall–Kier alpha value is -5.52. The van der Waals surface area contributed by atoms with Crippen LogP contribution in [0.5, 0.6) is 0 Å². The Bertz CT molecular complexity index is 1510. The monoisotopic (exact) mass is 478 g/mol. The molecule has 0 aliphatic rings. The fourth-order valence-electron chi connectivity index (χ4n) is 3.26. The SMILES string of the molecule is O=C(Nc1ncnc2nc[nH]c12)c1ccccc1.O=C(Nc1ncnc2nc[nH]c12)c1ccccc1. The zero-order valence-electron chi connectivity index (χ0n) is 18.6. The first-order chi connectivity index (χ1) is 17.7. The quantitative estimate of drug-likeness (QED) is 0.300. The maximum absolute atomic E-state index is 12.0. The zero-order valence-corrected chi connectivity index (χ0v) is 18.6. The van der Waals surface area contributed by atoms with Crippen molar-refractivity contribution in [2.75, 3.05) is 10.6 Å². The van der Waals surface area contributed by atoms with Crippen molar-refractivity contribution >= 4 is 45.8 Å². The van der Waals surface area contributed by atoms with Crippen LogP contribution in [0.3, 0.4) is 0 Å². The van der Waals surface area contributed by atoms with Gasteiger partial charge >= 0.3 is 0 Å². The van der Waals surface area contributed by atoms with E-state index in [0.29, 0.717) is 45.1 Å². The molecule has 4 heterocycles. The van der Waals surface area contributed by atoms with Gasteiger partial charge in [0.15, 0.2) is 22.9 Å². The normalized spacial score (nSPS) is 10.4. The minimum Gasteiger partial charge on any atom is -0.340 e. The summed E-state index contributed by atoms with van der Waals surface area (Å²) in [6.07, 6.45) is 5.75. The van der Waals surface area contributed by atoms with Gasteiger partial charge in [0.05, 0.1) is 12.7 Å². The fourth-order valence-corrected chi connectivity index (χ4v) is 3.26. The predicted molar refractivity (Wildman–Crippen MR) is 132 cm³/mol. The number of fused-ring (bicyclic) bond motifs is 2. The first-order valence-corrected chi connectivity index (χ1v) is 10.7. The van der Waals surface area contributed by atoms with Gasteiger partial charge in [-0.05, 0) is 24.3 Å². The molecular formula is C24H18N10O2. The van der Waals surface area contributed by atoms with Crippen molar-refractivity contribution in [1.82, 2.24) is 39.9 Å². The number of hydrogen-bond donors (Lipinski definition) is 4. The number of imidazole rings is 2. The number of hydrogen-bond acceptors (Lipinski definition) is 8. The second-order valence-electron chi connectivity index (χ2n) is 7.29. The van der Waals surface area contributed by atoms with Crippen LogP contribution in [0.2, 0.25) is 0 Å². The number of rotatable bonds is 4. The van der Waals surface area contributed by atoms with Gasteiger partial charge < -0.3 is 20.6 Å². The summed E-state index contributed by atoms with van der Waals surface area (Å²) in [5.41, 5.74) is 3.41. The van der Waals surface area contributed by atoms with Crippen molar-refractivity contribution in [3.05, 3.63) is 97.1 Å². The molecule has 176 valence electrons. The molecule has 4 N–H and O–H groups in total. The third-order valence-electron chi connectivity index (χ3n) is 4.98. The van der Waals surface area contributed by atoms with E-state index < -0.39 is 0 Å². The third kappa shape index (κ3) is 4.87. The molecule has 0 spiro atoms. The van der Waals surface area contributed by atoms with Crippen LogP contribution in [0, 0.1) is 0 Å². The molecule has 0 aliphatic carbocycles. The minimum absolute atomic E-state index is 0.217. The number of nitrogens with zero attached hydrogens (tertiary/aromatic N) is 6. The minimum atomic E-state index is -0.217. The summed E-state index contributed by atoms with van der Waals surface area (Å²) in [7, 11) is 0. The lowest BCUT2D eigenvalue weighted by Crippen LogP contribution is -2.13. The van der Waals surface area contributed by atoms with E-state index in [2.05, 4.69) is 50.5 Å². The van der Waals surface area contributed by atoms with Gasteiger partial charge in [-0.3, -0.25) is 9.59 Å². The van der Waals surface area contributed by atoms with Gasteiger partial charge in [-0.1, -0.05) is 36.4 Å². The molecule has 0 atom stereocenters. The smallest absolute Gasteiger partial charge is 0.256 e. The maximum Gasteiger partial charge on any atom is 0.256 e. The van der Waals surface area contributed by atoms with Crippen LogP contribution in [-0.4, -0.2) is 51.7 Å². The summed E-state index contributed by atoms with van der Waals surface area (Å²) in [6, 6.07) is 17.9. The Kier molecular flexibility index (Phi) is 6.30. The van der Waals surface area contributed by atoms with E-state index in [1.807, 2.05) is 12.1 Å². The van der Waals surface area contributed by atoms with Gasteiger partial charge in [-0.25, -0.2) is 29.9 Å². The number of aromatic nitrogens is 8. The molecule has 12 heteroatoms. The topological polar surface area (TPSA) is 167 Å². The van der Waals surface area contributed by atoms with Crippen molar-refractivity contribution in [3.63, 3.8) is 0 Å². The number of carbonyl (C=O) groups excluding carboxylic acids is 2. The standard InChI is InChI=1S/2C12H9N5O/c2*18-12(8-4-2-1-3-5-8)17-11-9-10(14-6-13-9)15-7-16-11/h2*1-7H,(H2,13,14,15,16,17,18). The Labute approximate surface area is 203 Å². The number of nitrogens with one attached hydrogen (secondary N) is 4. The molecule has 36 heavy (non-hydrogen) atoms. The summed E-state index contributed by atoms with van der Waals surface area (Å²) in [4.78, 5) is 53.8. The highest BCUT2D eigenvalue weighted by Crippen LogP contribution is 2.16. The second kappa shape index (κ2) is 10.2. The molecule has 6 rings (SSSR count). The molecule has 0 aliphatic heterocycles. The maximum atomic E-state index is 12.0. The van der Waals surface area contributed by atoms with E-state index in [4.69, 9.17) is 0 Å². The Balaban J connectivity index is 0.000000148. The van der Waals surface area contributed by atoms with Crippen molar-refractivity contribution in [2.45, 2.75) is 0 Å². The number of carbonyl (C=O) groups is 2. The molecule has 0 saturated carbocycles. The molecule has 0 unspecified atom stereocenters. The average molecular weight is 478 g/mol. The van der Waals surface area contributed by atoms with E-state index in [1.165, 1.54) is 25.3 Å². The molecule has 0 radical (unpaired) electrons. The molecule has 0 saturated heterocycles. The van der Waals surface area contributed by atoms with E-state index in [0.717, 1.165) is 0 Å². The van der Waals surface area contributed by atoms with E-state index in [9.17, 15) is 9.59 Å². The van der Waals surface area contributed by atoms with Gasteiger partial charge in [0.2, 0.25) is 0 Å². The number of amides is 2. The van der Waals surface area contributed by atoms with Gasteiger partial charge in [-0.15, -0.1) is 0 Å². The van der Waals surface area contributed by atoms with Crippen molar-refractivity contribution in [2.24, 2.45) is 0 Å². The van der Waals surface area contributed by atoms with Crippen LogP contribution >= 0.6 is 0 Å². The number of anilines is 2. The van der Waals surface area contributed by atoms with Crippen molar-refractivity contribution < 1.29 is 9.59 Å². The zero-order chi connectivity index (χ0) is 24.7. The highest BCUT2D eigenvalue weighted by Gasteiger charge is 2.11. The van der Waals surface area contributed by atoms with Crippen LogP contribution in [0.15, 0.2) is 86.0 Å². The Morgan fingerprint density at radius 3 is 1.39 bits per heavy atom. The molecule has 6 aromatic rings. The molecular weight excluding hydrogens is 460 g/mol. The summed E-state index contributed by atoms with van der Waals surface area (Å²) >= 11 is 0. The van der Waals surface area contributed by atoms with Crippen LogP contribution in [0.1, 0.15) is 20.7 Å². The molecule has 0 fully saturated rings. The van der Waals surface area contributed by atoms with Crippen LogP contribution in [0.25, 0.3) is 22.3 Å². The molecule has 4 aromatic heterocycles. The van der Waals surface area contributed by atoms with E-state index >= 15 is 0 Å². The molecule has 0 bridgehead atoms. The number of aromatic amines is 2. The van der Waals surface area contributed by atoms with E-state index in [-0.39, 0.29) is 11.8 Å². The first-order valence-electron chi connectivity index (χ1n) is 10.7. The lowest BCUT2D eigenvalue weighted by molar-refractivity contribution is 0.101. The summed E-state index contributed by atoms with van der Waals surface area (Å²) in [5.74, 6) is 0.410. The van der Waals surface area contributed by atoms with Crippen LogP contribution in [-0.2, 0) is 0 Å². The lowest BCUT2D eigenvalue weighted by atomic mass is 10.2. The second-order valence-corrected chi connectivity index (χ2v) is 7.29. The van der Waals surface area contributed by atoms with Gasteiger partial charge in [0.1, 0.15) is 23.7 Å². The lowest BCUT2D eigenvalue weighted by Gasteiger charge is -2.04. The third-order valence-corrected chi connectivity index (χ3v) is 4.98. The molecule has 2 amide bonds. The fraction of sp³-hybridized carbons (Fsp3) is 0. The summed E-state index contributed by atoms with van der Waals surface area (Å²) < 4.78 is 0. The highest BCUT2D eigenvalue weighted by atomic mass is 16.2.